The molecule has 0 saturated heterocycles. The van der Waals surface area contributed by atoms with Crippen LogP contribution in [-0.2, 0) is 14.8 Å². The van der Waals surface area contributed by atoms with E-state index >= 15 is 0 Å². The molecular weight excluding hydrogens is 581 g/mol. The van der Waals surface area contributed by atoms with Gasteiger partial charge in [0, 0.05) is 8.04 Å². The summed E-state index contributed by atoms with van der Waals surface area (Å²) in [5, 5.41) is 3.93. The minimum atomic E-state index is -3.93. The van der Waals surface area contributed by atoms with Gasteiger partial charge in [-0.2, -0.15) is 5.10 Å². The molecule has 0 spiro atoms. The quantitative estimate of drug-likeness (QED) is 0.249. The van der Waals surface area contributed by atoms with Gasteiger partial charge >= 0.3 is 0 Å². The van der Waals surface area contributed by atoms with Crippen LogP contribution in [0.15, 0.2) is 93.3 Å². The number of sulfonamides is 1. The molecule has 0 saturated carbocycles. The highest BCUT2D eigenvalue weighted by molar-refractivity contribution is 14.1. The summed E-state index contributed by atoms with van der Waals surface area (Å²) in [6, 6.07) is 22.3. The van der Waals surface area contributed by atoms with Crippen LogP contribution in [0.2, 0.25) is 0 Å². The molecule has 0 atom stereocenters. The van der Waals surface area contributed by atoms with Gasteiger partial charge in [0.1, 0.15) is 6.54 Å². The van der Waals surface area contributed by atoms with Gasteiger partial charge in [-0.05, 0) is 76.7 Å². The maximum absolute atomic E-state index is 13.2. The van der Waals surface area contributed by atoms with Gasteiger partial charge in [-0.15, -0.1) is 0 Å². The first-order valence-corrected chi connectivity index (χ1v) is 12.1. The lowest BCUT2D eigenvalue weighted by atomic mass is 10.2. The predicted octanol–water partition coefficient (Wildman–Crippen LogP) is 4.40. The fourth-order valence-electron chi connectivity index (χ4n) is 2.57. The van der Waals surface area contributed by atoms with Crippen LogP contribution >= 0.6 is 38.5 Å². The predicted molar refractivity (Wildman–Crippen MR) is 130 cm³/mol. The maximum Gasteiger partial charge on any atom is 0.264 e. The number of carbonyl (C=O) groups excluding carboxylic acids is 1. The Morgan fingerprint density at radius 3 is 2.40 bits per heavy atom. The van der Waals surface area contributed by atoms with Crippen LogP contribution < -0.4 is 9.73 Å². The van der Waals surface area contributed by atoms with Crippen molar-refractivity contribution in [1.82, 2.24) is 5.43 Å². The maximum atomic E-state index is 13.2. The van der Waals surface area contributed by atoms with E-state index < -0.39 is 22.5 Å². The van der Waals surface area contributed by atoms with Crippen LogP contribution in [-0.4, -0.2) is 27.1 Å². The van der Waals surface area contributed by atoms with Crippen LogP contribution in [0.5, 0.6) is 0 Å². The Kier molecular flexibility index (Phi) is 7.62. The third-order valence-electron chi connectivity index (χ3n) is 3.98. The van der Waals surface area contributed by atoms with Crippen molar-refractivity contribution in [3.8, 4) is 0 Å². The number of nitrogens with zero attached hydrogens (tertiary/aromatic N) is 2. The first-order valence-electron chi connectivity index (χ1n) is 8.77. The van der Waals surface area contributed by atoms with E-state index in [1.807, 2.05) is 24.3 Å². The molecule has 0 aliphatic rings. The summed E-state index contributed by atoms with van der Waals surface area (Å²) in [7, 11) is -3.93. The normalized spacial score (nSPS) is 11.4. The van der Waals surface area contributed by atoms with E-state index in [0.717, 1.165) is 17.9 Å². The summed E-state index contributed by atoms with van der Waals surface area (Å²) in [5.41, 5.74) is 3.58. The lowest BCUT2D eigenvalue weighted by Crippen LogP contribution is -2.39. The summed E-state index contributed by atoms with van der Waals surface area (Å²) >= 11 is 5.50. The highest BCUT2D eigenvalue weighted by Crippen LogP contribution is 2.24. The van der Waals surface area contributed by atoms with Gasteiger partial charge in [0.05, 0.1) is 16.8 Å². The first-order chi connectivity index (χ1) is 14.4. The number of hydrogen-bond acceptors (Lipinski definition) is 4. The molecule has 30 heavy (non-hydrogen) atoms. The zero-order valence-electron chi connectivity index (χ0n) is 15.6. The van der Waals surface area contributed by atoms with Crippen molar-refractivity contribution in [2.24, 2.45) is 5.10 Å². The van der Waals surface area contributed by atoms with Crippen LogP contribution in [0.1, 0.15) is 5.56 Å². The molecule has 0 aliphatic carbocycles. The highest BCUT2D eigenvalue weighted by Gasteiger charge is 2.27. The summed E-state index contributed by atoms with van der Waals surface area (Å²) in [4.78, 5) is 12.6. The third kappa shape index (κ3) is 5.89. The van der Waals surface area contributed by atoms with Crippen molar-refractivity contribution < 1.29 is 13.2 Å². The number of rotatable bonds is 7. The van der Waals surface area contributed by atoms with Crippen LogP contribution in [0.25, 0.3) is 0 Å². The van der Waals surface area contributed by atoms with Crippen LogP contribution in [0.4, 0.5) is 5.69 Å². The number of anilines is 1. The topological polar surface area (TPSA) is 78.8 Å². The minimum Gasteiger partial charge on any atom is -0.271 e. The van der Waals surface area contributed by atoms with E-state index in [1.54, 1.807) is 42.5 Å². The minimum absolute atomic E-state index is 0.106. The average Bonchev–Trinajstić information content (AvgIpc) is 2.73. The Bertz CT molecular complexity index is 1150. The second-order valence-corrected chi connectivity index (χ2v) is 10.2. The largest absolute Gasteiger partial charge is 0.271 e. The van der Waals surface area contributed by atoms with Crippen LogP contribution in [0, 0.1) is 3.57 Å². The fourth-order valence-corrected chi connectivity index (χ4v) is 4.79. The van der Waals surface area contributed by atoms with Gasteiger partial charge in [-0.1, -0.05) is 46.3 Å². The number of carbonyl (C=O) groups is 1. The van der Waals surface area contributed by atoms with E-state index in [0.29, 0.717) is 5.69 Å². The van der Waals surface area contributed by atoms with Crippen LogP contribution in [0.3, 0.4) is 0 Å². The standard InChI is InChI=1S/C21H17BrIN3O3S/c22-17-6-4-5-16(13-17)14-24-25-21(27)15-26(19-11-9-18(23)10-12-19)30(28,29)20-7-2-1-3-8-20/h1-14H,15H2,(H,25,27)/b24-14-. The lowest BCUT2D eigenvalue weighted by Gasteiger charge is -2.23. The molecule has 3 rings (SSSR count). The Hall–Kier alpha value is -2.24. The van der Waals surface area contributed by atoms with Crippen molar-refractivity contribution in [2.75, 3.05) is 10.8 Å². The van der Waals surface area contributed by atoms with Gasteiger partial charge in [-0.25, -0.2) is 13.8 Å². The number of hydrogen-bond donors (Lipinski definition) is 1. The molecular formula is C21H17BrIN3O3S. The molecule has 0 heterocycles. The smallest absolute Gasteiger partial charge is 0.264 e. The molecule has 9 heteroatoms. The van der Waals surface area contributed by atoms with E-state index in [-0.39, 0.29) is 4.90 Å². The first kappa shape index (κ1) is 22.4. The Morgan fingerprint density at radius 2 is 1.73 bits per heavy atom. The van der Waals surface area contributed by atoms with Gasteiger partial charge in [-0.3, -0.25) is 9.10 Å². The molecule has 1 N–H and O–H groups in total. The Morgan fingerprint density at radius 1 is 1.03 bits per heavy atom. The molecule has 3 aromatic rings. The molecule has 0 bridgehead atoms. The monoisotopic (exact) mass is 597 g/mol. The van der Waals surface area contributed by atoms with E-state index in [9.17, 15) is 13.2 Å². The van der Waals surface area contributed by atoms with Gasteiger partial charge in [0.25, 0.3) is 15.9 Å². The Balaban J connectivity index is 1.82. The van der Waals surface area contributed by atoms with E-state index in [4.69, 9.17) is 0 Å². The zero-order chi connectivity index (χ0) is 21.6. The summed E-state index contributed by atoms with van der Waals surface area (Å²) < 4.78 is 29.3. The van der Waals surface area contributed by atoms with E-state index in [1.165, 1.54) is 18.3 Å². The molecule has 0 radical (unpaired) electrons. The fraction of sp³-hybridized carbons (Fsp3) is 0.0476. The number of halogens is 2. The van der Waals surface area contributed by atoms with E-state index in [2.05, 4.69) is 49.0 Å². The average molecular weight is 598 g/mol. The molecule has 1 amide bonds. The molecule has 0 aromatic heterocycles. The second-order valence-electron chi connectivity index (χ2n) is 6.15. The molecule has 3 aromatic carbocycles. The van der Waals surface area contributed by atoms with Gasteiger partial charge < -0.3 is 0 Å². The van der Waals surface area contributed by atoms with Crippen molar-refractivity contribution in [1.29, 1.82) is 0 Å². The van der Waals surface area contributed by atoms with Crippen molar-refractivity contribution in [2.45, 2.75) is 4.90 Å². The SMILES string of the molecule is O=C(CN(c1ccc(I)cc1)S(=O)(=O)c1ccccc1)N/N=C\c1cccc(Br)c1. The van der Waals surface area contributed by atoms with Crippen molar-refractivity contribution in [3.05, 3.63) is 92.5 Å². The highest BCUT2D eigenvalue weighted by atomic mass is 127. The zero-order valence-corrected chi connectivity index (χ0v) is 20.1. The number of hydrazone groups is 1. The van der Waals surface area contributed by atoms with Crippen molar-refractivity contribution >= 4 is 66.4 Å². The van der Waals surface area contributed by atoms with Gasteiger partial charge in [0.2, 0.25) is 0 Å². The summed E-state index contributed by atoms with van der Waals surface area (Å²) in [6.45, 7) is -0.409. The number of amides is 1. The summed E-state index contributed by atoms with van der Waals surface area (Å²) in [6.07, 6.45) is 1.49. The molecule has 6 nitrogen and oxygen atoms in total. The third-order valence-corrected chi connectivity index (χ3v) is 6.99. The van der Waals surface area contributed by atoms with Crippen molar-refractivity contribution in [3.63, 3.8) is 0 Å². The Labute approximate surface area is 197 Å². The molecule has 0 unspecified atom stereocenters. The second kappa shape index (κ2) is 10.2. The molecule has 0 fully saturated rings. The summed E-state index contributed by atoms with van der Waals surface area (Å²) in [5.74, 6) is -0.556. The van der Waals surface area contributed by atoms with Gasteiger partial charge in [0.15, 0.2) is 0 Å². The molecule has 154 valence electrons. The number of benzene rings is 3. The number of nitrogens with one attached hydrogen (secondary N) is 1. The lowest BCUT2D eigenvalue weighted by molar-refractivity contribution is -0.119. The molecule has 0 aliphatic heterocycles.